The minimum absolute atomic E-state index is 0.333. The number of nitrogens with two attached hydrogens (primary N) is 2. The van der Waals surface area contributed by atoms with Crippen molar-refractivity contribution in [1.29, 1.82) is 0 Å². The van der Waals surface area contributed by atoms with E-state index in [9.17, 15) is 4.79 Å². The van der Waals surface area contributed by atoms with Crippen molar-refractivity contribution < 1.29 is 4.79 Å². The van der Waals surface area contributed by atoms with Crippen LogP contribution < -0.4 is 16.4 Å². The Balaban J connectivity index is 1.64. The van der Waals surface area contributed by atoms with E-state index in [1.165, 1.54) is 0 Å². The van der Waals surface area contributed by atoms with E-state index in [1.807, 2.05) is 6.07 Å². The molecule has 114 valence electrons. The summed E-state index contributed by atoms with van der Waals surface area (Å²) in [6.45, 7) is 4.21. The molecule has 21 heavy (non-hydrogen) atoms. The maximum absolute atomic E-state index is 11.2. The molecule has 6 heteroatoms. The first-order chi connectivity index (χ1) is 10.1. The number of carbonyl (C=O) groups is 1. The van der Waals surface area contributed by atoms with Gasteiger partial charge in [-0.15, -0.1) is 0 Å². The molecule has 3 heterocycles. The number of anilines is 1. The van der Waals surface area contributed by atoms with Crippen LogP contribution in [0.1, 0.15) is 29.8 Å². The van der Waals surface area contributed by atoms with E-state index >= 15 is 0 Å². The molecular formula is C15H23N5O. The SMILES string of the molecule is NC(=O)c1cc(N2CCC(N3CCC(N)CC3)C2)ccn1. The zero-order valence-electron chi connectivity index (χ0n) is 12.2. The molecule has 1 aromatic heterocycles. The van der Waals surface area contributed by atoms with Crippen LogP contribution >= 0.6 is 0 Å². The first kappa shape index (κ1) is 14.3. The molecule has 0 radical (unpaired) electrons. The second-order valence-corrected chi connectivity index (χ2v) is 6.03. The Morgan fingerprint density at radius 2 is 2.00 bits per heavy atom. The Labute approximate surface area is 125 Å². The average Bonchev–Trinajstić information content (AvgIpc) is 2.98. The van der Waals surface area contributed by atoms with Gasteiger partial charge in [0.2, 0.25) is 0 Å². The number of amides is 1. The van der Waals surface area contributed by atoms with Crippen molar-refractivity contribution in [3.63, 3.8) is 0 Å². The molecule has 2 aliphatic heterocycles. The van der Waals surface area contributed by atoms with Gasteiger partial charge in [-0.3, -0.25) is 14.7 Å². The number of nitrogens with zero attached hydrogens (tertiary/aromatic N) is 3. The molecule has 0 saturated carbocycles. The number of carbonyl (C=O) groups excluding carboxylic acids is 1. The normalized spacial score (nSPS) is 24.4. The van der Waals surface area contributed by atoms with Crippen molar-refractivity contribution in [2.45, 2.75) is 31.3 Å². The highest BCUT2D eigenvalue weighted by Crippen LogP contribution is 2.25. The highest BCUT2D eigenvalue weighted by molar-refractivity contribution is 5.91. The van der Waals surface area contributed by atoms with Gasteiger partial charge in [-0.25, -0.2) is 0 Å². The van der Waals surface area contributed by atoms with Crippen molar-refractivity contribution in [2.75, 3.05) is 31.1 Å². The van der Waals surface area contributed by atoms with Gasteiger partial charge in [-0.05, 0) is 44.5 Å². The first-order valence-electron chi connectivity index (χ1n) is 7.64. The fourth-order valence-electron chi connectivity index (χ4n) is 3.31. The summed E-state index contributed by atoms with van der Waals surface area (Å²) in [5.41, 5.74) is 12.6. The van der Waals surface area contributed by atoms with Crippen molar-refractivity contribution >= 4 is 11.6 Å². The second-order valence-electron chi connectivity index (χ2n) is 6.03. The zero-order chi connectivity index (χ0) is 14.8. The number of aromatic nitrogens is 1. The quantitative estimate of drug-likeness (QED) is 0.829. The molecule has 1 amide bonds. The van der Waals surface area contributed by atoms with Gasteiger partial charge in [0.1, 0.15) is 5.69 Å². The predicted molar refractivity (Wildman–Crippen MR) is 82.2 cm³/mol. The number of pyridine rings is 1. The summed E-state index contributed by atoms with van der Waals surface area (Å²) in [4.78, 5) is 20.1. The number of likely N-dealkylation sites (tertiary alicyclic amines) is 1. The lowest BCUT2D eigenvalue weighted by Gasteiger charge is -2.34. The molecule has 0 aliphatic carbocycles. The summed E-state index contributed by atoms with van der Waals surface area (Å²) in [5.74, 6) is -0.474. The molecule has 2 aliphatic rings. The third-order valence-corrected chi connectivity index (χ3v) is 4.62. The highest BCUT2D eigenvalue weighted by atomic mass is 16.1. The van der Waals surface area contributed by atoms with Gasteiger partial charge in [-0.1, -0.05) is 0 Å². The topological polar surface area (TPSA) is 88.5 Å². The van der Waals surface area contributed by atoms with Gasteiger partial charge < -0.3 is 16.4 Å². The Hall–Kier alpha value is -1.66. The lowest BCUT2D eigenvalue weighted by atomic mass is 10.0. The van der Waals surface area contributed by atoms with Crippen LogP contribution in [0, 0.1) is 0 Å². The van der Waals surface area contributed by atoms with Crippen LogP contribution in [0.5, 0.6) is 0 Å². The average molecular weight is 289 g/mol. The van der Waals surface area contributed by atoms with E-state index in [0.717, 1.165) is 51.1 Å². The number of rotatable bonds is 3. The van der Waals surface area contributed by atoms with Crippen molar-refractivity contribution in [3.8, 4) is 0 Å². The Bertz CT molecular complexity index is 513. The van der Waals surface area contributed by atoms with Crippen molar-refractivity contribution in [3.05, 3.63) is 24.0 Å². The van der Waals surface area contributed by atoms with Gasteiger partial charge in [0, 0.05) is 37.1 Å². The molecule has 6 nitrogen and oxygen atoms in total. The maximum Gasteiger partial charge on any atom is 0.267 e. The van der Waals surface area contributed by atoms with Gasteiger partial charge in [0.15, 0.2) is 0 Å². The molecule has 2 saturated heterocycles. The van der Waals surface area contributed by atoms with Crippen LogP contribution in [-0.4, -0.2) is 54.1 Å². The van der Waals surface area contributed by atoms with Gasteiger partial charge in [0.25, 0.3) is 5.91 Å². The maximum atomic E-state index is 11.2. The largest absolute Gasteiger partial charge is 0.370 e. The molecule has 4 N–H and O–H groups in total. The molecule has 1 aromatic rings. The van der Waals surface area contributed by atoms with Crippen LogP contribution in [0.3, 0.4) is 0 Å². The van der Waals surface area contributed by atoms with E-state index < -0.39 is 5.91 Å². The second kappa shape index (κ2) is 5.99. The summed E-state index contributed by atoms with van der Waals surface area (Å²) in [5, 5.41) is 0. The Kier molecular flexibility index (Phi) is 4.07. The summed E-state index contributed by atoms with van der Waals surface area (Å²) in [6, 6.07) is 4.69. The van der Waals surface area contributed by atoms with E-state index in [2.05, 4.69) is 14.8 Å². The molecule has 3 rings (SSSR count). The van der Waals surface area contributed by atoms with Gasteiger partial charge in [0.05, 0.1) is 0 Å². The van der Waals surface area contributed by atoms with Gasteiger partial charge in [-0.2, -0.15) is 0 Å². The lowest BCUT2D eigenvalue weighted by molar-refractivity contribution is 0.0995. The van der Waals surface area contributed by atoms with Crippen LogP contribution in [-0.2, 0) is 0 Å². The predicted octanol–water partition coefficient (Wildman–Crippen LogP) is 0.182. The summed E-state index contributed by atoms with van der Waals surface area (Å²) in [6.07, 6.45) is 5.00. The van der Waals surface area contributed by atoms with E-state index in [0.29, 0.717) is 17.8 Å². The van der Waals surface area contributed by atoms with Crippen molar-refractivity contribution in [1.82, 2.24) is 9.88 Å². The number of piperidine rings is 1. The molecule has 0 spiro atoms. The number of hydrogen-bond donors (Lipinski definition) is 2. The molecule has 1 atom stereocenters. The minimum atomic E-state index is -0.474. The third-order valence-electron chi connectivity index (χ3n) is 4.62. The molecule has 1 unspecified atom stereocenters. The fourth-order valence-corrected chi connectivity index (χ4v) is 3.31. The standard InChI is InChI=1S/C15H23N5O/c16-11-2-6-19(7-3-11)13-4-8-20(10-13)12-1-5-18-14(9-12)15(17)21/h1,5,9,11,13H,2-4,6-8,10,16H2,(H2,17,21). The minimum Gasteiger partial charge on any atom is -0.370 e. The van der Waals surface area contributed by atoms with Crippen LogP contribution in [0.25, 0.3) is 0 Å². The monoisotopic (exact) mass is 289 g/mol. The highest BCUT2D eigenvalue weighted by Gasteiger charge is 2.30. The van der Waals surface area contributed by atoms with E-state index in [4.69, 9.17) is 11.5 Å². The smallest absolute Gasteiger partial charge is 0.267 e. The Morgan fingerprint density at radius 1 is 1.24 bits per heavy atom. The Morgan fingerprint density at radius 3 is 2.71 bits per heavy atom. The van der Waals surface area contributed by atoms with Gasteiger partial charge >= 0.3 is 0 Å². The number of primary amides is 1. The van der Waals surface area contributed by atoms with Crippen LogP contribution in [0.15, 0.2) is 18.3 Å². The van der Waals surface area contributed by atoms with Crippen LogP contribution in [0.2, 0.25) is 0 Å². The molecule has 2 fully saturated rings. The fraction of sp³-hybridized carbons (Fsp3) is 0.600. The van der Waals surface area contributed by atoms with E-state index in [1.54, 1.807) is 12.3 Å². The lowest BCUT2D eigenvalue weighted by Crippen LogP contribution is -2.46. The summed E-state index contributed by atoms with van der Waals surface area (Å²) in [7, 11) is 0. The van der Waals surface area contributed by atoms with Crippen molar-refractivity contribution in [2.24, 2.45) is 11.5 Å². The summed E-state index contributed by atoms with van der Waals surface area (Å²) < 4.78 is 0. The summed E-state index contributed by atoms with van der Waals surface area (Å²) >= 11 is 0. The van der Waals surface area contributed by atoms with E-state index in [-0.39, 0.29) is 0 Å². The molecule has 0 bridgehead atoms. The molecule has 0 aromatic carbocycles. The van der Waals surface area contributed by atoms with Crippen LogP contribution in [0.4, 0.5) is 5.69 Å². The number of hydrogen-bond acceptors (Lipinski definition) is 5. The first-order valence-corrected chi connectivity index (χ1v) is 7.64. The third kappa shape index (κ3) is 3.16. The molecular weight excluding hydrogens is 266 g/mol. The zero-order valence-corrected chi connectivity index (χ0v) is 12.2.